The highest BCUT2D eigenvalue weighted by atomic mass is 79.9. The van der Waals surface area contributed by atoms with Gasteiger partial charge < -0.3 is 0 Å². The average Bonchev–Trinajstić information content (AvgIpc) is 2.33. The smallest absolute Gasteiger partial charge is 0.143 e. The zero-order chi connectivity index (χ0) is 8.72. The summed E-state index contributed by atoms with van der Waals surface area (Å²) in [6, 6.07) is 2.21. The minimum Gasteiger partial charge on any atom is -0.207 e. The summed E-state index contributed by atoms with van der Waals surface area (Å²) in [4.78, 5) is 0. The van der Waals surface area contributed by atoms with Crippen molar-refractivity contribution in [2.24, 2.45) is 0 Å². The lowest BCUT2D eigenvalue weighted by molar-refractivity contribution is 0.593. The average molecular weight is 249 g/mol. The molecule has 0 saturated carbocycles. The predicted octanol–water partition coefficient (Wildman–Crippen LogP) is 3.94. The summed E-state index contributed by atoms with van der Waals surface area (Å²) in [5.74, 6) is -1.04. The van der Waals surface area contributed by atoms with Gasteiger partial charge in [-0.3, -0.25) is 0 Å². The normalized spacial score (nSPS) is 10.9. The van der Waals surface area contributed by atoms with Crippen molar-refractivity contribution >= 4 is 37.4 Å². The van der Waals surface area contributed by atoms with Gasteiger partial charge in [0.25, 0.3) is 0 Å². The Bertz CT molecular complexity index is 436. The van der Waals surface area contributed by atoms with Crippen molar-refractivity contribution in [2.75, 3.05) is 0 Å². The highest BCUT2D eigenvalue weighted by Gasteiger charge is 2.07. The fraction of sp³-hybridized carbons (Fsp3) is 0. The van der Waals surface area contributed by atoms with Crippen molar-refractivity contribution in [3.63, 3.8) is 0 Å². The van der Waals surface area contributed by atoms with Crippen LogP contribution in [-0.2, 0) is 0 Å². The molecule has 0 atom stereocenters. The minimum absolute atomic E-state index is 0.489. The quantitative estimate of drug-likeness (QED) is 0.663. The maximum Gasteiger partial charge on any atom is 0.143 e. The van der Waals surface area contributed by atoms with E-state index in [-0.39, 0.29) is 0 Å². The van der Waals surface area contributed by atoms with Crippen LogP contribution in [0.25, 0.3) is 10.1 Å². The van der Waals surface area contributed by atoms with Crippen LogP contribution in [0.3, 0.4) is 0 Å². The Kier molecular flexibility index (Phi) is 1.88. The Morgan fingerprint density at radius 2 is 2.00 bits per heavy atom. The fourth-order valence-electron chi connectivity index (χ4n) is 1.03. The SMILES string of the molecule is Fc1cc(F)c2scc(Br)c2c1. The molecule has 12 heavy (non-hydrogen) atoms. The first-order valence-electron chi connectivity index (χ1n) is 3.20. The molecule has 1 aromatic heterocycles. The predicted molar refractivity (Wildman–Crippen MR) is 49.4 cm³/mol. The number of halogens is 3. The molecule has 4 heteroatoms. The molecular formula is C8H3BrF2S. The zero-order valence-corrected chi connectivity index (χ0v) is 8.18. The van der Waals surface area contributed by atoms with Crippen LogP contribution in [0, 0.1) is 11.6 Å². The zero-order valence-electron chi connectivity index (χ0n) is 5.77. The highest BCUT2D eigenvalue weighted by Crippen LogP contribution is 2.32. The Morgan fingerprint density at radius 3 is 2.75 bits per heavy atom. The molecule has 0 aliphatic carbocycles. The molecular weight excluding hydrogens is 246 g/mol. The van der Waals surface area contributed by atoms with Crippen LogP contribution in [0.5, 0.6) is 0 Å². The molecule has 0 nitrogen and oxygen atoms in total. The van der Waals surface area contributed by atoms with Gasteiger partial charge in [0.2, 0.25) is 0 Å². The molecule has 2 rings (SSSR count). The van der Waals surface area contributed by atoms with Crippen molar-refractivity contribution < 1.29 is 8.78 Å². The van der Waals surface area contributed by atoms with Crippen LogP contribution < -0.4 is 0 Å². The van der Waals surface area contributed by atoms with Crippen LogP contribution in [0.15, 0.2) is 22.0 Å². The number of hydrogen-bond donors (Lipinski definition) is 0. The van der Waals surface area contributed by atoms with Gasteiger partial charge in [0.15, 0.2) is 0 Å². The number of thiophene rings is 1. The lowest BCUT2D eigenvalue weighted by Gasteiger charge is -1.93. The molecule has 0 aliphatic heterocycles. The minimum atomic E-state index is -0.543. The summed E-state index contributed by atoms with van der Waals surface area (Å²) < 4.78 is 26.9. The molecule has 0 amide bonds. The van der Waals surface area contributed by atoms with Gasteiger partial charge in [-0.1, -0.05) is 0 Å². The Balaban J connectivity index is 2.92. The number of rotatable bonds is 0. The molecule has 0 N–H and O–H groups in total. The summed E-state index contributed by atoms with van der Waals surface area (Å²) in [6.45, 7) is 0. The van der Waals surface area contributed by atoms with Gasteiger partial charge in [-0.2, -0.15) is 0 Å². The van der Waals surface area contributed by atoms with Crippen molar-refractivity contribution in [1.82, 2.24) is 0 Å². The molecule has 0 radical (unpaired) electrons. The van der Waals surface area contributed by atoms with Crippen LogP contribution in [-0.4, -0.2) is 0 Å². The summed E-state index contributed by atoms with van der Waals surface area (Å²) in [6.07, 6.45) is 0. The third-order valence-corrected chi connectivity index (χ3v) is 3.51. The van der Waals surface area contributed by atoms with Crippen molar-refractivity contribution in [3.8, 4) is 0 Å². The maximum atomic E-state index is 13.0. The van der Waals surface area contributed by atoms with E-state index in [0.29, 0.717) is 10.1 Å². The molecule has 1 heterocycles. The summed E-state index contributed by atoms with van der Waals surface area (Å²) >= 11 is 4.47. The van der Waals surface area contributed by atoms with E-state index in [1.165, 1.54) is 17.4 Å². The molecule has 0 aliphatic rings. The van der Waals surface area contributed by atoms with E-state index in [4.69, 9.17) is 0 Å². The molecule has 0 spiro atoms. The second-order valence-electron chi connectivity index (χ2n) is 2.35. The molecule has 0 saturated heterocycles. The largest absolute Gasteiger partial charge is 0.207 e. The molecule has 0 bridgehead atoms. The van der Waals surface area contributed by atoms with E-state index in [2.05, 4.69) is 15.9 Å². The third-order valence-electron chi connectivity index (χ3n) is 1.55. The Hall–Kier alpha value is -0.480. The van der Waals surface area contributed by atoms with E-state index < -0.39 is 11.6 Å². The van der Waals surface area contributed by atoms with Crippen LogP contribution in [0.2, 0.25) is 0 Å². The highest BCUT2D eigenvalue weighted by molar-refractivity contribution is 9.10. The van der Waals surface area contributed by atoms with E-state index in [1.54, 1.807) is 5.38 Å². The lowest BCUT2D eigenvalue weighted by Crippen LogP contribution is -1.78. The monoisotopic (exact) mass is 248 g/mol. The number of fused-ring (bicyclic) bond motifs is 1. The van der Waals surface area contributed by atoms with Gasteiger partial charge in [-0.15, -0.1) is 11.3 Å². The Labute approximate surface area is 80.0 Å². The molecule has 0 unspecified atom stereocenters. The standard InChI is InChI=1S/C8H3BrF2S/c9-6-3-12-8-5(6)1-4(10)2-7(8)11/h1-3H. The van der Waals surface area contributed by atoms with Crippen LogP contribution in [0.1, 0.15) is 0 Å². The van der Waals surface area contributed by atoms with E-state index in [1.807, 2.05) is 0 Å². The summed E-state index contributed by atoms with van der Waals surface area (Å²) in [5.41, 5.74) is 0. The van der Waals surface area contributed by atoms with Crippen molar-refractivity contribution in [1.29, 1.82) is 0 Å². The van der Waals surface area contributed by atoms with Crippen LogP contribution in [0.4, 0.5) is 8.78 Å². The molecule has 1 aromatic carbocycles. The molecule has 0 fully saturated rings. The second kappa shape index (κ2) is 2.78. The number of hydrogen-bond acceptors (Lipinski definition) is 1. The van der Waals surface area contributed by atoms with E-state index in [0.717, 1.165) is 10.5 Å². The second-order valence-corrected chi connectivity index (χ2v) is 4.08. The first kappa shape index (κ1) is 8.13. The van der Waals surface area contributed by atoms with Gasteiger partial charge in [0.05, 0.1) is 4.70 Å². The summed E-state index contributed by atoms with van der Waals surface area (Å²) in [7, 11) is 0. The van der Waals surface area contributed by atoms with Gasteiger partial charge in [-0.05, 0) is 22.0 Å². The van der Waals surface area contributed by atoms with Gasteiger partial charge >= 0.3 is 0 Å². The van der Waals surface area contributed by atoms with Gasteiger partial charge in [-0.25, -0.2) is 8.78 Å². The topological polar surface area (TPSA) is 0 Å². The van der Waals surface area contributed by atoms with Gasteiger partial charge in [0.1, 0.15) is 11.6 Å². The first-order valence-corrected chi connectivity index (χ1v) is 4.87. The van der Waals surface area contributed by atoms with E-state index >= 15 is 0 Å². The Morgan fingerprint density at radius 1 is 1.25 bits per heavy atom. The summed E-state index contributed by atoms with van der Waals surface area (Å²) in [5, 5.41) is 2.34. The molecule has 2 aromatic rings. The first-order chi connectivity index (χ1) is 5.68. The maximum absolute atomic E-state index is 13.0. The van der Waals surface area contributed by atoms with Gasteiger partial charge in [0, 0.05) is 21.3 Å². The third kappa shape index (κ3) is 1.15. The fourth-order valence-corrected chi connectivity index (χ4v) is 2.57. The van der Waals surface area contributed by atoms with Crippen molar-refractivity contribution in [3.05, 3.63) is 33.6 Å². The van der Waals surface area contributed by atoms with Crippen LogP contribution >= 0.6 is 27.3 Å². The number of benzene rings is 1. The van der Waals surface area contributed by atoms with E-state index in [9.17, 15) is 8.78 Å². The molecule has 62 valence electrons. The van der Waals surface area contributed by atoms with Crippen molar-refractivity contribution in [2.45, 2.75) is 0 Å². The lowest BCUT2D eigenvalue weighted by atomic mass is 10.2.